The van der Waals surface area contributed by atoms with E-state index in [1.165, 1.54) is 12.1 Å². The normalized spacial score (nSPS) is 25.4. The zero-order valence-corrected chi connectivity index (χ0v) is 11.4. The van der Waals surface area contributed by atoms with Crippen molar-refractivity contribution in [2.75, 3.05) is 18.5 Å². The van der Waals surface area contributed by atoms with Crippen LogP contribution >= 0.6 is 0 Å². The van der Waals surface area contributed by atoms with Gasteiger partial charge >= 0.3 is 0 Å². The molecule has 1 aromatic carbocycles. The number of ether oxygens (including phenoxy) is 1. The van der Waals surface area contributed by atoms with Crippen molar-refractivity contribution in [1.29, 1.82) is 0 Å². The van der Waals surface area contributed by atoms with E-state index in [2.05, 4.69) is 5.32 Å². The average molecular weight is 279 g/mol. The first-order valence-electron chi connectivity index (χ1n) is 6.24. The number of carbonyl (C=O) groups is 1. The van der Waals surface area contributed by atoms with Crippen molar-refractivity contribution in [2.24, 2.45) is 11.1 Å². The molecule has 2 unspecified atom stereocenters. The van der Waals surface area contributed by atoms with Crippen LogP contribution in [-0.2, 0) is 9.53 Å². The molecule has 0 spiro atoms. The number of nitro groups is 1. The SMILES string of the molecule is Cc1ccc([N+](=O)[O-])cc1NC(=O)C1(C)COCC1N. The van der Waals surface area contributed by atoms with Gasteiger partial charge in [-0.3, -0.25) is 14.9 Å². The fourth-order valence-corrected chi connectivity index (χ4v) is 2.05. The predicted molar refractivity (Wildman–Crippen MR) is 73.4 cm³/mol. The zero-order valence-electron chi connectivity index (χ0n) is 11.4. The van der Waals surface area contributed by atoms with Crippen molar-refractivity contribution in [2.45, 2.75) is 19.9 Å². The Morgan fingerprint density at radius 2 is 2.30 bits per heavy atom. The summed E-state index contributed by atoms with van der Waals surface area (Å²) in [5, 5.41) is 13.5. The minimum atomic E-state index is -0.822. The molecule has 3 N–H and O–H groups in total. The molecule has 1 aliphatic rings. The van der Waals surface area contributed by atoms with Gasteiger partial charge in [0, 0.05) is 18.2 Å². The maximum atomic E-state index is 12.3. The van der Waals surface area contributed by atoms with Crippen LogP contribution in [0.2, 0.25) is 0 Å². The maximum absolute atomic E-state index is 12.3. The number of non-ortho nitro benzene ring substituents is 1. The lowest BCUT2D eigenvalue weighted by Gasteiger charge is -2.25. The topological polar surface area (TPSA) is 107 Å². The summed E-state index contributed by atoms with van der Waals surface area (Å²) in [4.78, 5) is 22.6. The third kappa shape index (κ3) is 2.50. The number of benzene rings is 1. The van der Waals surface area contributed by atoms with Gasteiger partial charge in [-0.2, -0.15) is 0 Å². The van der Waals surface area contributed by atoms with E-state index in [1.54, 1.807) is 19.9 Å². The van der Waals surface area contributed by atoms with Crippen LogP contribution in [0.3, 0.4) is 0 Å². The van der Waals surface area contributed by atoms with Crippen LogP contribution in [-0.4, -0.2) is 30.1 Å². The fourth-order valence-electron chi connectivity index (χ4n) is 2.05. The third-order valence-electron chi connectivity index (χ3n) is 3.72. The quantitative estimate of drug-likeness (QED) is 0.638. The Labute approximate surface area is 116 Å². The van der Waals surface area contributed by atoms with Gasteiger partial charge in [0.25, 0.3) is 5.69 Å². The minimum Gasteiger partial charge on any atom is -0.379 e. The summed E-state index contributed by atoms with van der Waals surface area (Å²) in [5.41, 5.74) is 6.17. The number of amides is 1. The number of anilines is 1. The number of nitrogens with two attached hydrogens (primary N) is 1. The van der Waals surface area contributed by atoms with Gasteiger partial charge in [0.05, 0.1) is 29.2 Å². The second-order valence-electron chi connectivity index (χ2n) is 5.25. The lowest BCUT2D eigenvalue weighted by Crippen LogP contribution is -2.47. The highest BCUT2D eigenvalue weighted by atomic mass is 16.6. The predicted octanol–water partition coefficient (Wildman–Crippen LogP) is 1.21. The second kappa shape index (κ2) is 5.18. The van der Waals surface area contributed by atoms with E-state index in [4.69, 9.17) is 10.5 Å². The van der Waals surface area contributed by atoms with Gasteiger partial charge in [-0.25, -0.2) is 0 Å². The van der Waals surface area contributed by atoms with Crippen LogP contribution in [0.5, 0.6) is 0 Å². The molecule has 1 heterocycles. The van der Waals surface area contributed by atoms with E-state index in [1.807, 2.05) is 0 Å². The van der Waals surface area contributed by atoms with Gasteiger partial charge in [-0.15, -0.1) is 0 Å². The molecule has 0 aromatic heterocycles. The third-order valence-corrected chi connectivity index (χ3v) is 3.72. The largest absolute Gasteiger partial charge is 0.379 e. The number of hydrogen-bond acceptors (Lipinski definition) is 5. The molecule has 7 heteroatoms. The standard InChI is InChI=1S/C13H17N3O4/c1-8-3-4-9(16(18)19)5-10(8)15-12(17)13(2)7-20-6-11(13)14/h3-5,11H,6-7,14H2,1-2H3,(H,15,17). The van der Waals surface area contributed by atoms with E-state index in [0.717, 1.165) is 5.56 Å². The molecular weight excluding hydrogens is 262 g/mol. The molecule has 0 aliphatic carbocycles. The minimum absolute atomic E-state index is 0.0666. The molecule has 7 nitrogen and oxygen atoms in total. The fraction of sp³-hybridized carbons (Fsp3) is 0.462. The highest BCUT2D eigenvalue weighted by Gasteiger charge is 2.44. The molecule has 20 heavy (non-hydrogen) atoms. The smallest absolute Gasteiger partial charge is 0.271 e. The van der Waals surface area contributed by atoms with E-state index in [9.17, 15) is 14.9 Å². The van der Waals surface area contributed by atoms with Crippen LogP contribution in [0.15, 0.2) is 18.2 Å². The molecule has 2 atom stereocenters. The zero-order chi connectivity index (χ0) is 14.9. The number of hydrogen-bond donors (Lipinski definition) is 2. The van der Waals surface area contributed by atoms with E-state index < -0.39 is 10.3 Å². The number of rotatable bonds is 3. The highest BCUT2D eigenvalue weighted by molar-refractivity contribution is 5.96. The first-order chi connectivity index (χ1) is 9.34. The molecule has 108 valence electrons. The van der Waals surface area contributed by atoms with Crippen molar-refractivity contribution >= 4 is 17.3 Å². The number of nitrogens with one attached hydrogen (secondary N) is 1. The number of nitrogens with zero attached hydrogens (tertiary/aromatic N) is 1. The van der Waals surface area contributed by atoms with Crippen molar-refractivity contribution in [1.82, 2.24) is 0 Å². The summed E-state index contributed by atoms with van der Waals surface area (Å²) < 4.78 is 5.23. The van der Waals surface area contributed by atoms with Gasteiger partial charge in [0.1, 0.15) is 0 Å². The molecule has 0 saturated carbocycles. The molecule has 1 saturated heterocycles. The van der Waals surface area contributed by atoms with Crippen LogP contribution in [0.1, 0.15) is 12.5 Å². The second-order valence-corrected chi connectivity index (χ2v) is 5.25. The molecule has 1 aromatic rings. The number of aryl methyl sites for hydroxylation is 1. The summed E-state index contributed by atoms with van der Waals surface area (Å²) in [7, 11) is 0. The van der Waals surface area contributed by atoms with E-state index in [0.29, 0.717) is 12.3 Å². The van der Waals surface area contributed by atoms with Crippen LogP contribution in [0, 0.1) is 22.5 Å². The number of nitro benzene ring substituents is 1. The van der Waals surface area contributed by atoms with Gasteiger partial charge in [0.15, 0.2) is 0 Å². The lowest BCUT2D eigenvalue weighted by atomic mass is 9.84. The van der Waals surface area contributed by atoms with Gasteiger partial charge in [-0.1, -0.05) is 6.07 Å². The van der Waals surface area contributed by atoms with Crippen molar-refractivity contribution in [3.63, 3.8) is 0 Å². The van der Waals surface area contributed by atoms with Crippen LogP contribution in [0.25, 0.3) is 0 Å². The molecule has 1 aliphatic heterocycles. The summed E-state index contributed by atoms with van der Waals surface area (Å²) >= 11 is 0. The first-order valence-corrected chi connectivity index (χ1v) is 6.24. The first kappa shape index (κ1) is 14.4. The molecule has 0 bridgehead atoms. The molecule has 2 rings (SSSR count). The van der Waals surface area contributed by atoms with Gasteiger partial charge in [0.2, 0.25) is 5.91 Å². The maximum Gasteiger partial charge on any atom is 0.271 e. The summed E-state index contributed by atoms with van der Waals surface area (Å²) in [6.07, 6.45) is 0. The van der Waals surface area contributed by atoms with Gasteiger partial charge < -0.3 is 15.8 Å². The monoisotopic (exact) mass is 279 g/mol. The van der Waals surface area contributed by atoms with Crippen LogP contribution in [0.4, 0.5) is 11.4 Å². The Morgan fingerprint density at radius 1 is 1.60 bits per heavy atom. The Bertz CT molecular complexity index is 561. The van der Waals surface area contributed by atoms with Crippen molar-refractivity contribution in [3.8, 4) is 0 Å². The Hall–Kier alpha value is -1.99. The van der Waals surface area contributed by atoms with Crippen LogP contribution < -0.4 is 11.1 Å². The van der Waals surface area contributed by atoms with E-state index in [-0.39, 0.29) is 24.2 Å². The van der Waals surface area contributed by atoms with E-state index >= 15 is 0 Å². The summed E-state index contributed by atoms with van der Waals surface area (Å²) in [5.74, 6) is -0.286. The number of carbonyl (C=O) groups excluding carboxylic acids is 1. The molecule has 1 amide bonds. The van der Waals surface area contributed by atoms with Crippen molar-refractivity contribution in [3.05, 3.63) is 33.9 Å². The average Bonchev–Trinajstić information content (AvgIpc) is 2.73. The molecular formula is C13H17N3O4. The molecule has 0 radical (unpaired) electrons. The Morgan fingerprint density at radius 3 is 2.85 bits per heavy atom. The molecule has 1 fully saturated rings. The highest BCUT2D eigenvalue weighted by Crippen LogP contribution is 2.30. The van der Waals surface area contributed by atoms with Gasteiger partial charge in [-0.05, 0) is 19.4 Å². The summed E-state index contributed by atoms with van der Waals surface area (Å²) in [6.45, 7) is 4.07. The summed E-state index contributed by atoms with van der Waals surface area (Å²) in [6, 6.07) is 3.96. The van der Waals surface area contributed by atoms with Crippen molar-refractivity contribution < 1.29 is 14.5 Å². The Balaban J connectivity index is 2.23. The lowest BCUT2D eigenvalue weighted by molar-refractivity contribution is -0.384. The Kier molecular flexibility index (Phi) is 3.74.